The van der Waals surface area contributed by atoms with Crippen molar-refractivity contribution >= 4 is 17.7 Å². The van der Waals surface area contributed by atoms with Gasteiger partial charge in [0.05, 0.1) is 24.9 Å². The van der Waals surface area contributed by atoms with E-state index in [0.717, 1.165) is 44.9 Å². The van der Waals surface area contributed by atoms with Gasteiger partial charge in [-0.25, -0.2) is 4.79 Å². The lowest BCUT2D eigenvalue weighted by Gasteiger charge is -2.70. The molecule has 1 amide bonds. The monoisotopic (exact) mass is 747 g/mol. The van der Waals surface area contributed by atoms with E-state index in [-0.39, 0.29) is 51.8 Å². The number of ether oxygens (including phenoxy) is 2. The van der Waals surface area contributed by atoms with E-state index in [1.807, 2.05) is 6.08 Å². The van der Waals surface area contributed by atoms with E-state index in [1.165, 1.54) is 12.5 Å². The third-order valence-corrected chi connectivity index (χ3v) is 16.5. The van der Waals surface area contributed by atoms with Crippen LogP contribution in [0.1, 0.15) is 120 Å². The molecule has 0 radical (unpaired) electrons. The van der Waals surface area contributed by atoms with Gasteiger partial charge in [0.1, 0.15) is 18.3 Å². The van der Waals surface area contributed by atoms with Crippen LogP contribution in [0, 0.1) is 50.2 Å². The Balaban J connectivity index is 1.32. The van der Waals surface area contributed by atoms with Crippen LogP contribution in [0.15, 0.2) is 11.6 Å². The van der Waals surface area contributed by atoms with Gasteiger partial charge in [0, 0.05) is 25.9 Å². The first-order chi connectivity index (χ1) is 24.5. The summed E-state index contributed by atoms with van der Waals surface area (Å²) in [4.78, 5) is 39.9. The number of carbonyl (C=O) groups is 3. The van der Waals surface area contributed by atoms with Gasteiger partial charge in [0.2, 0.25) is 5.91 Å². The van der Waals surface area contributed by atoms with Gasteiger partial charge < -0.3 is 45.4 Å². The number of rotatable bonds is 8. The summed E-state index contributed by atoms with van der Waals surface area (Å²) >= 11 is 0. The van der Waals surface area contributed by atoms with Crippen LogP contribution < -0.4 is 5.32 Å². The van der Waals surface area contributed by atoms with Gasteiger partial charge in [-0.1, -0.05) is 54.0 Å². The highest BCUT2D eigenvalue weighted by atomic mass is 16.7. The minimum absolute atomic E-state index is 0.0281. The van der Waals surface area contributed by atoms with Crippen LogP contribution in [0.4, 0.5) is 0 Å². The standard InChI is InChI=1S/C41H65NO11/c1-22(45)42-30-26(47)19-41(34(50)51,53-32(30)31(49)27(48)20-43)52-29-10-11-38(6)28(35(29,2)3)9-12-40(8)33(38)25(46)17-23-24-18-36(4,21-44)13-14-37(24,5)15-16-39(23,40)7/h17,24,26-33,43-44,47-49H,9-16,18-21H2,1-8H3,(H,42,45)(H,50,51)/t24-,26-,27+,28-,29-,30+,31+,32+,33+,36-,37+,38-,39+,40+,41+/m0/s1. The predicted molar refractivity (Wildman–Crippen MR) is 194 cm³/mol. The molecule has 0 spiro atoms. The first-order valence-corrected chi connectivity index (χ1v) is 19.9. The molecule has 0 unspecified atom stereocenters. The molecule has 5 aliphatic carbocycles. The van der Waals surface area contributed by atoms with Gasteiger partial charge in [-0.05, 0) is 108 Å². The second-order valence-corrected chi connectivity index (χ2v) is 20.0. The van der Waals surface area contributed by atoms with Gasteiger partial charge in [-0.2, -0.15) is 0 Å². The molecule has 5 fully saturated rings. The summed E-state index contributed by atoms with van der Waals surface area (Å²) < 4.78 is 12.6. The summed E-state index contributed by atoms with van der Waals surface area (Å²) in [5.74, 6) is -4.38. The van der Waals surface area contributed by atoms with Crippen LogP contribution in [0.25, 0.3) is 0 Å². The zero-order valence-corrected chi connectivity index (χ0v) is 33.0. The third-order valence-electron chi connectivity index (χ3n) is 16.5. The Morgan fingerprint density at radius 3 is 2.23 bits per heavy atom. The smallest absolute Gasteiger partial charge is 0.364 e. The van der Waals surface area contributed by atoms with Crippen molar-refractivity contribution in [2.45, 2.75) is 162 Å². The molecule has 12 nitrogen and oxygen atoms in total. The Bertz CT molecular complexity index is 1520. The maximum Gasteiger partial charge on any atom is 0.364 e. The summed E-state index contributed by atoms with van der Waals surface area (Å²) in [6.45, 7) is 16.1. The molecular formula is C41H65NO11. The van der Waals surface area contributed by atoms with E-state index in [1.54, 1.807) is 0 Å². The number of aliphatic carboxylic acids is 1. The summed E-state index contributed by atoms with van der Waals surface area (Å²) in [6.07, 6.45) is 1.68. The lowest BCUT2D eigenvalue weighted by atomic mass is 9.33. The Labute approximate surface area is 314 Å². The summed E-state index contributed by atoms with van der Waals surface area (Å²) in [7, 11) is 0. The van der Waals surface area contributed by atoms with Crippen LogP contribution in [0.5, 0.6) is 0 Å². The number of hydrogen-bond donors (Lipinski definition) is 7. The van der Waals surface area contributed by atoms with Crippen LogP contribution in [-0.4, -0.2) is 104 Å². The lowest BCUT2D eigenvalue weighted by Crippen LogP contribution is -2.70. The zero-order chi connectivity index (χ0) is 39.3. The van der Waals surface area contributed by atoms with E-state index < -0.39 is 78.1 Å². The number of aliphatic hydroxyl groups excluding tert-OH is 5. The molecule has 0 aromatic heterocycles. The highest BCUT2D eigenvalue weighted by Crippen LogP contribution is 2.75. The predicted octanol–water partition coefficient (Wildman–Crippen LogP) is 3.49. The average Bonchev–Trinajstić information content (AvgIpc) is 3.07. The molecule has 0 bridgehead atoms. The van der Waals surface area contributed by atoms with E-state index in [0.29, 0.717) is 12.8 Å². The van der Waals surface area contributed by atoms with Gasteiger partial charge in [-0.3, -0.25) is 9.59 Å². The van der Waals surface area contributed by atoms with Crippen LogP contribution >= 0.6 is 0 Å². The van der Waals surface area contributed by atoms with Gasteiger partial charge in [0.15, 0.2) is 5.78 Å². The lowest BCUT2D eigenvalue weighted by molar-refractivity contribution is -0.341. The van der Waals surface area contributed by atoms with E-state index in [9.17, 15) is 45.0 Å². The van der Waals surface area contributed by atoms with Crippen LogP contribution in [-0.2, 0) is 23.9 Å². The molecule has 0 aromatic carbocycles. The molecule has 15 atom stereocenters. The Hall–Kier alpha value is -1.93. The minimum Gasteiger partial charge on any atom is -0.477 e. The maximum absolute atomic E-state index is 14.8. The first kappa shape index (κ1) is 40.7. The molecule has 6 aliphatic rings. The summed E-state index contributed by atoms with van der Waals surface area (Å²) in [6, 6.07) is -1.28. The fourth-order valence-corrected chi connectivity index (χ4v) is 13.1. The third kappa shape index (κ3) is 6.07. The fraction of sp³-hybridized carbons (Fsp3) is 0.878. The van der Waals surface area contributed by atoms with Crippen molar-refractivity contribution in [3.63, 3.8) is 0 Å². The summed E-state index contributed by atoms with van der Waals surface area (Å²) in [5, 5.41) is 65.6. The van der Waals surface area contributed by atoms with Crippen LogP contribution in [0.3, 0.4) is 0 Å². The Morgan fingerprint density at radius 1 is 0.962 bits per heavy atom. The molecule has 4 saturated carbocycles. The van der Waals surface area contributed by atoms with Gasteiger partial charge in [0.25, 0.3) is 5.79 Å². The number of nitrogens with one attached hydrogen (secondary N) is 1. The Kier molecular flexibility index (Phi) is 10.2. The van der Waals surface area contributed by atoms with Crippen molar-refractivity contribution in [1.29, 1.82) is 0 Å². The van der Waals surface area contributed by atoms with Crippen molar-refractivity contribution in [1.82, 2.24) is 5.32 Å². The number of allylic oxidation sites excluding steroid dienone is 2. The quantitative estimate of drug-likeness (QED) is 0.179. The Morgan fingerprint density at radius 2 is 1.62 bits per heavy atom. The normalized spacial score (nSPS) is 48.9. The molecule has 6 rings (SSSR count). The molecule has 7 N–H and O–H groups in total. The van der Waals surface area contributed by atoms with Crippen molar-refractivity contribution < 1.29 is 54.5 Å². The SMILES string of the molecule is CC(=O)N[C@H]1[C@H]([C@H](O)[C@H](O)CO)O[C@@](O[C@H]2CC[C@]3(C)[C@H]4C(=O)C=C5[C@@H]6C[C@@](C)(CO)CC[C@]6(C)CC[C@@]5(C)[C@]4(C)CC[C@H]3C2(C)C)(C(=O)O)C[C@@H]1O. The number of carboxylic acid groups (broad SMARTS) is 1. The van der Waals surface area contributed by atoms with Crippen molar-refractivity contribution in [3.05, 3.63) is 11.6 Å². The number of aliphatic hydroxyl groups is 5. The van der Waals surface area contributed by atoms with E-state index in [2.05, 4.69) is 53.8 Å². The molecule has 53 heavy (non-hydrogen) atoms. The molecule has 0 aromatic rings. The molecule has 1 heterocycles. The number of carbonyl (C=O) groups excluding carboxylic acids is 2. The first-order valence-electron chi connectivity index (χ1n) is 19.9. The molecule has 12 heteroatoms. The molecule has 300 valence electrons. The molecule has 1 saturated heterocycles. The minimum atomic E-state index is -2.43. The topological polar surface area (TPSA) is 203 Å². The molecular weight excluding hydrogens is 682 g/mol. The number of ketones is 1. The van der Waals surface area contributed by atoms with Crippen molar-refractivity contribution in [3.8, 4) is 0 Å². The highest BCUT2D eigenvalue weighted by Gasteiger charge is 2.71. The number of amides is 1. The van der Waals surface area contributed by atoms with Gasteiger partial charge in [-0.15, -0.1) is 0 Å². The van der Waals surface area contributed by atoms with Crippen LogP contribution in [0.2, 0.25) is 0 Å². The largest absolute Gasteiger partial charge is 0.477 e. The van der Waals surface area contributed by atoms with Gasteiger partial charge >= 0.3 is 5.97 Å². The highest BCUT2D eigenvalue weighted by molar-refractivity contribution is 5.95. The van der Waals surface area contributed by atoms with E-state index in [4.69, 9.17) is 9.47 Å². The average molecular weight is 748 g/mol. The van der Waals surface area contributed by atoms with Crippen molar-refractivity contribution in [2.24, 2.45) is 50.2 Å². The fourth-order valence-electron chi connectivity index (χ4n) is 13.1. The number of hydrogen-bond acceptors (Lipinski definition) is 10. The number of fused-ring (bicyclic) bond motifs is 7. The number of carboxylic acids is 1. The van der Waals surface area contributed by atoms with E-state index >= 15 is 0 Å². The molecule has 1 aliphatic heterocycles. The maximum atomic E-state index is 14.8. The zero-order valence-electron chi connectivity index (χ0n) is 33.0. The second kappa shape index (κ2) is 13.3. The summed E-state index contributed by atoms with van der Waals surface area (Å²) in [5.41, 5.74) is -0.339. The van der Waals surface area contributed by atoms with Crippen molar-refractivity contribution in [2.75, 3.05) is 13.2 Å². The second-order valence-electron chi connectivity index (χ2n) is 20.0.